The zero-order valence-corrected chi connectivity index (χ0v) is 16.2. The minimum atomic E-state index is -0.627. The van der Waals surface area contributed by atoms with Crippen LogP contribution < -0.4 is 4.74 Å². The molecule has 0 amide bonds. The first kappa shape index (κ1) is 20.0. The van der Waals surface area contributed by atoms with Gasteiger partial charge in [0.05, 0.1) is 0 Å². The molecular formula is C23H30O3. The van der Waals surface area contributed by atoms with E-state index in [0.717, 1.165) is 49.7 Å². The van der Waals surface area contributed by atoms with E-state index in [1.54, 1.807) is 0 Å². The van der Waals surface area contributed by atoms with Crippen LogP contribution in [0.3, 0.4) is 0 Å². The first-order valence-electron chi connectivity index (χ1n) is 9.73. The summed E-state index contributed by atoms with van der Waals surface area (Å²) in [6, 6.07) is 15.8. The van der Waals surface area contributed by atoms with Crippen molar-refractivity contribution in [2.75, 3.05) is 0 Å². The standard InChI is InChI=1S/C23H30O3/c1-4-11-18-16-10-17-22(20(18)12-5-2)26-23(24)25-21(13-6-3)19-14-8-7-9-15-19/h7-10,14-17,21H,4-6,11-13H2,1-3H3. The molecule has 3 nitrogen and oxygen atoms in total. The SMILES string of the molecule is CCCc1cccc(OC(=O)OC(CCC)c2ccccc2)c1CCC. The molecule has 26 heavy (non-hydrogen) atoms. The Hall–Kier alpha value is -2.29. The molecule has 1 unspecified atom stereocenters. The first-order chi connectivity index (χ1) is 12.7. The van der Waals surface area contributed by atoms with Gasteiger partial charge in [0.2, 0.25) is 0 Å². The van der Waals surface area contributed by atoms with E-state index in [4.69, 9.17) is 9.47 Å². The summed E-state index contributed by atoms with van der Waals surface area (Å²) in [4.78, 5) is 12.5. The van der Waals surface area contributed by atoms with Crippen molar-refractivity contribution >= 4 is 6.16 Å². The van der Waals surface area contributed by atoms with E-state index in [-0.39, 0.29) is 6.10 Å². The van der Waals surface area contributed by atoms with E-state index in [0.29, 0.717) is 5.75 Å². The van der Waals surface area contributed by atoms with E-state index in [2.05, 4.69) is 26.8 Å². The third-order valence-electron chi connectivity index (χ3n) is 4.40. The third kappa shape index (κ3) is 5.62. The van der Waals surface area contributed by atoms with Gasteiger partial charge in [-0.15, -0.1) is 0 Å². The minimum absolute atomic E-state index is 0.276. The second kappa shape index (κ2) is 10.6. The Bertz CT molecular complexity index is 679. The molecule has 0 saturated carbocycles. The fraction of sp³-hybridized carbons (Fsp3) is 0.435. The molecule has 0 N–H and O–H groups in total. The van der Waals surface area contributed by atoms with Gasteiger partial charge >= 0.3 is 6.16 Å². The van der Waals surface area contributed by atoms with Crippen molar-refractivity contribution in [1.82, 2.24) is 0 Å². The summed E-state index contributed by atoms with van der Waals surface area (Å²) in [6.07, 6.45) is 4.77. The average Bonchev–Trinajstić information content (AvgIpc) is 2.65. The Morgan fingerprint density at radius 1 is 0.885 bits per heavy atom. The number of aryl methyl sites for hydroxylation is 1. The Labute approximate surface area is 157 Å². The lowest BCUT2D eigenvalue weighted by Gasteiger charge is -2.19. The maximum Gasteiger partial charge on any atom is 0.514 e. The highest BCUT2D eigenvalue weighted by Crippen LogP contribution is 2.28. The van der Waals surface area contributed by atoms with E-state index < -0.39 is 6.16 Å². The summed E-state index contributed by atoms with van der Waals surface area (Å²) in [6.45, 7) is 6.38. The van der Waals surface area contributed by atoms with Gasteiger partial charge in [0.1, 0.15) is 11.9 Å². The van der Waals surface area contributed by atoms with Gasteiger partial charge in [-0.2, -0.15) is 0 Å². The largest absolute Gasteiger partial charge is 0.514 e. The number of carbonyl (C=O) groups excluding carboxylic acids is 1. The predicted molar refractivity (Wildman–Crippen MR) is 106 cm³/mol. The summed E-state index contributed by atoms with van der Waals surface area (Å²) >= 11 is 0. The van der Waals surface area contributed by atoms with Crippen LogP contribution >= 0.6 is 0 Å². The van der Waals surface area contributed by atoms with E-state index in [9.17, 15) is 4.79 Å². The smallest absolute Gasteiger partial charge is 0.426 e. The average molecular weight is 354 g/mol. The maximum atomic E-state index is 12.5. The van der Waals surface area contributed by atoms with Crippen LogP contribution in [0.5, 0.6) is 5.75 Å². The second-order valence-electron chi connectivity index (χ2n) is 6.55. The van der Waals surface area contributed by atoms with Gasteiger partial charge in [0.15, 0.2) is 0 Å². The van der Waals surface area contributed by atoms with Gasteiger partial charge in [-0.3, -0.25) is 0 Å². The molecule has 1 atom stereocenters. The van der Waals surface area contributed by atoms with Crippen molar-refractivity contribution in [3.8, 4) is 5.75 Å². The summed E-state index contributed by atoms with van der Waals surface area (Å²) in [5.41, 5.74) is 3.38. The van der Waals surface area contributed by atoms with Crippen LogP contribution in [0.25, 0.3) is 0 Å². The highest BCUT2D eigenvalue weighted by atomic mass is 16.7. The zero-order valence-electron chi connectivity index (χ0n) is 16.2. The molecule has 0 aromatic heterocycles. The van der Waals surface area contributed by atoms with Crippen LogP contribution in [-0.4, -0.2) is 6.16 Å². The fourth-order valence-corrected chi connectivity index (χ4v) is 3.20. The van der Waals surface area contributed by atoms with Gasteiger partial charge in [-0.1, -0.05) is 82.5 Å². The highest BCUT2D eigenvalue weighted by Gasteiger charge is 2.19. The fourth-order valence-electron chi connectivity index (χ4n) is 3.20. The van der Waals surface area contributed by atoms with Crippen molar-refractivity contribution in [2.45, 2.75) is 65.4 Å². The summed E-state index contributed by atoms with van der Waals surface area (Å²) in [5, 5.41) is 0. The predicted octanol–water partition coefficient (Wildman–Crippen LogP) is 6.65. The molecule has 0 fully saturated rings. The van der Waals surface area contributed by atoms with E-state index >= 15 is 0 Å². The van der Waals surface area contributed by atoms with Gasteiger partial charge in [0.25, 0.3) is 0 Å². The van der Waals surface area contributed by atoms with E-state index in [1.165, 1.54) is 5.56 Å². The maximum absolute atomic E-state index is 12.5. The number of benzene rings is 2. The molecule has 0 saturated heterocycles. The second-order valence-corrected chi connectivity index (χ2v) is 6.55. The summed E-state index contributed by atoms with van der Waals surface area (Å²) in [5.74, 6) is 0.631. The van der Waals surface area contributed by atoms with Crippen molar-refractivity contribution in [3.05, 3.63) is 65.2 Å². The molecule has 2 aromatic carbocycles. The van der Waals surface area contributed by atoms with Crippen LogP contribution in [0.2, 0.25) is 0 Å². The molecule has 2 rings (SSSR count). The van der Waals surface area contributed by atoms with Crippen molar-refractivity contribution < 1.29 is 14.3 Å². The number of hydrogen-bond donors (Lipinski definition) is 0. The van der Waals surface area contributed by atoms with Gasteiger partial charge < -0.3 is 9.47 Å². The van der Waals surface area contributed by atoms with Crippen LogP contribution in [0.1, 0.15) is 69.2 Å². The number of ether oxygens (including phenoxy) is 2. The van der Waals surface area contributed by atoms with E-state index in [1.807, 2.05) is 42.5 Å². The monoisotopic (exact) mass is 354 g/mol. The van der Waals surface area contributed by atoms with Crippen LogP contribution in [0.15, 0.2) is 48.5 Å². The van der Waals surface area contributed by atoms with Crippen molar-refractivity contribution in [2.24, 2.45) is 0 Å². The van der Waals surface area contributed by atoms with Gasteiger partial charge in [-0.25, -0.2) is 4.79 Å². The Balaban J connectivity index is 2.14. The molecule has 0 spiro atoms. The molecular weight excluding hydrogens is 324 g/mol. The normalized spacial score (nSPS) is 11.8. The first-order valence-corrected chi connectivity index (χ1v) is 9.73. The van der Waals surface area contributed by atoms with Crippen LogP contribution in [-0.2, 0) is 17.6 Å². The molecule has 0 aliphatic rings. The van der Waals surface area contributed by atoms with Crippen molar-refractivity contribution in [1.29, 1.82) is 0 Å². The van der Waals surface area contributed by atoms with Gasteiger partial charge in [0, 0.05) is 0 Å². The summed E-state index contributed by atoms with van der Waals surface area (Å²) < 4.78 is 11.3. The molecule has 2 aromatic rings. The molecule has 3 heteroatoms. The molecule has 0 radical (unpaired) electrons. The highest BCUT2D eigenvalue weighted by molar-refractivity contribution is 5.65. The van der Waals surface area contributed by atoms with Crippen molar-refractivity contribution in [3.63, 3.8) is 0 Å². The van der Waals surface area contributed by atoms with Crippen LogP contribution in [0.4, 0.5) is 4.79 Å². The quantitative estimate of drug-likeness (QED) is 0.373. The lowest BCUT2D eigenvalue weighted by atomic mass is 9.98. The van der Waals surface area contributed by atoms with Crippen LogP contribution in [0, 0.1) is 0 Å². The molecule has 140 valence electrons. The summed E-state index contributed by atoms with van der Waals surface area (Å²) in [7, 11) is 0. The topological polar surface area (TPSA) is 35.5 Å². The Morgan fingerprint density at radius 3 is 2.27 bits per heavy atom. The molecule has 0 heterocycles. The molecule has 0 aliphatic heterocycles. The zero-order chi connectivity index (χ0) is 18.8. The molecule has 0 bridgehead atoms. The minimum Gasteiger partial charge on any atom is -0.426 e. The van der Waals surface area contributed by atoms with Gasteiger partial charge in [-0.05, 0) is 42.0 Å². The lowest BCUT2D eigenvalue weighted by Crippen LogP contribution is -2.16. The number of rotatable bonds is 9. The Morgan fingerprint density at radius 2 is 1.62 bits per heavy atom. The number of hydrogen-bond acceptors (Lipinski definition) is 3. The molecule has 0 aliphatic carbocycles. The Kier molecular flexibility index (Phi) is 8.20. The third-order valence-corrected chi connectivity index (χ3v) is 4.40. The number of carbonyl (C=O) groups is 1. The lowest BCUT2D eigenvalue weighted by molar-refractivity contribution is 0.0534.